The van der Waals surface area contributed by atoms with Crippen molar-refractivity contribution < 1.29 is 23.5 Å². The molecule has 1 N–H and O–H groups in total. The molecule has 1 aliphatic heterocycles. The highest BCUT2D eigenvalue weighted by molar-refractivity contribution is 6.99. The molecule has 1 heterocycles. The number of nitrogens with one attached hydrogen (secondary N) is 1. The molecule has 0 bridgehead atoms. The lowest BCUT2D eigenvalue weighted by molar-refractivity contribution is -0.177. The van der Waals surface area contributed by atoms with Crippen molar-refractivity contribution >= 4 is 36.5 Å². The summed E-state index contributed by atoms with van der Waals surface area (Å²) in [7, 11) is -2.93. The minimum absolute atomic E-state index is 0.0435. The van der Waals surface area contributed by atoms with E-state index in [1.54, 1.807) is 20.8 Å². The Morgan fingerprint density at radius 2 is 1.38 bits per heavy atom. The number of esters is 1. The first kappa shape index (κ1) is 30.6. The van der Waals surface area contributed by atoms with Crippen molar-refractivity contribution in [2.24, 2.45) is 5.41 Å². The molecular formula is C31H44N2O5Si. The van der Waals surface area contributed by atoms with Crippen LogP contribution in [0.2, 0.25) is 5.04 Å². The highest BCUT2D eigenvalue weighted by Crippen LogP contribution is 2.37. The predicted molar refractivity (Wildman–Crippen MR) is 156 cm³/mol. The number of ether oxygens (including phenoxy) is 1. The standard InChI is InChI=1S/C31H44N2O5Si/c1-29(2,3)28(36)33-22(20-37-27(35)25(33)26(34)32-30(4,5)6)21-38-39(31(7,8)9,23-16-12-10-13-17-23)24-18-14-11-15-19-24/h10-19,22,25H,20-21H2,1-9H3,(H,32,34)/t22-,25?/m1/s1. The molecule has 0 aliphatic carbocycles. The number of cyclic esters (lactones) is 1. The Morgan fingerprint density at radius 3 is 1.79 bits per heavy atom. The van der Waals surface area contributed by atoms with Gasteiger partial charge in [0.2, 0.25) is 11.9 Å². The van der Waals surface area contributed by atoms with Crippen LogP contribution in [0.5, 0.6) is 0 Å². The van der Waals surface area contributed by atoms with Crippen LogP contribution in [0, 0.1) is 5.41 Å². The van der Waals surface area contributed by atoms with Crippen LogP contribution in [0.4, 0.5) is 0 Å². The maximum atomic E-state index is 13.8. The summed E-state index contributed by atoms with van der Waals surface area (Å²) in [6.45, 7) is 17.5. The molecule has 0 radical (unpaired) electrons. The Morgan fingerprint density at radius 1 is 0.897 bits per heavy atom. The maximum absolute atomic E-state index is 13.8. The summed E-state index contributed by atoms with van der Waals surface area (Å²) in [5.41, 5.74) is -1.42. The van der Waals surface area contributed by atoms with E-state index >= 15 is 0 Å². The molecule has 8 heteroatoms. The van der Waals surface area contributed by atoms with Crippen molar-refractivity contribution in [3.63, 3.8) is 0 Å². The molecule has 1 unspecified atom stereocenters. The number of hydrogen-bond acceptors (Lipinski definition) is 5. The molecule has 0 aromatic heterocycles. The molecule has 212 valence electrons. The van der Waals surface area contributed by atoms with Crippen molar-refractivity contribution in [2.45, 2.75) is 85.0 Å². The molecule has 0 saturated carbocycles. The zero-order valence-corrected chi connectivity index (χ0v) is 25.8. The van der Waals surface area contributed by atoms with Gasteiger partial charge in [0.25, 0.3) is 14.2 Å². The number of carbonyl (C=O) groups excluding carboxylic acids is 3. The molecule has 1 fully saturated rings. The van der Waals surface area contributed by atoms with Crippen molar-refractivity contribution in [3.05, 3.63) is 60.7 Å². The fraction of sp³-hybridized carbons (Fsp3) is 0.516. The summed E-state index contributed by atoms with van der Waals surface area (Å²) in [5.74, 6) is -1.58. The van der Waals surface area contributed by atoms with Gasteiger partial charge in [-0.15, -0.1) is 0 Å². The molecule has 39 heavy (non-hydrogen) atoms. The monoisotopic (exact) mass is 552 g/mol. The lowest BCUT2D eigenvalue weighted by Gasteiger charge is -2.47. The Balaban J connectivity index is 2.10. The minimum atomic E-state index is -2.93. The third-order valence-electron chi connectivity index (χ3n) is 6.84. The second-order valence-electron chi connectivity index (χ2n) is 13.4. The van der Waals surface area contributed by atoms with Crippen LogP contribution < -0.4 is 15.7 Å². The molecule has 0 spiro atoms. The summed E-state index contributed by atoms with van der Waals surface area (Å²) >= 11 is 0. The zero-order chi connectivity index (χ0) is 29.2. The SMILES string of the molecule is CC(C)(C)NC(=O)C1C(=O)OC[C@H](CO[Si](c2ccccc2)(c2ccccc2)C(C)(C)C)N1C(=O)C(C)(C)C. The molecule has 1 saturated heterocycles. The molecular weight excluding hydrogens is 508 g/mol. The molecule has 3 rings (SSSR count). The summed E-state index contributed by atoms with van der Waals surface area (Å²) in [4.78, 5) is 41.6. The van der Waals surface area contributed by atoms with Crippen molar-refractivity contribution in [1.29, 1.82) is 0 Å². The molecule has 2 atom stereocenters. The van der Waals surface area contributed by atoms with Gasteiger partial charge in [0, 0.05) is 11.0 Å². The van der Waals surface area contributed by atoms with Gasteiger partial charge in [-0.2, -0.15) is 0 Å². The van der Waals surface area contributed by atoms with E-state index in [4.69, 9.17) is 9.16 Å². The fourth-order valence-electron chi connectivity index (χ4n) is 5.11. The Hall–Kier alpha value is -2.97. The van der Waals surface area contributed by atoms with E-state index in [2.05, 4.69) is 50.4 Å². The van der Waals surface area contributed by atoms with Gasteiger partial charge in [0.15, 0.2) is 0 Å². The van der Waals surface area contributed by atoms with E-state index in [1.165, 1.54) is 4.90 Å². The zero-order valence-electron chi connectivity index (χ0n) is 24.8. The summed E-state index contributed by atoms with van der Waals surface area (Å²) in [5, 5.41) is 4.79. The van der Waals surface area contributed by atoms with Crippen molar-refractivity contribution in [3.8, 4) is 0 Å². The summed E-state index contributed by atoms with van der Waals surface area (Å²) < 4.78 is 12.6. The highest BCUT2D eigenvalue weighted by Gasteiger charge is 2.53. The molecule has 7 nitrogen and oxygen atoms in total. The highest BCUT2D eigenvalue weighted by atomic mass is 28.4. The number of morpholine rings is 1. The summed E-state index contributed by atoms with van der Waals surface area (Å²) in [6, 6.07) is 18.4. The fourth-order valence-corrected chi connectivity index (χ4v) is 9.71. The van der Waals surface area contributed by atoms with Gasteiger partial charge in [0.1, 0.15) is 6.61 Å². The molecule has 2 amide bonds. The number of nitrogens with zero attached hydrogens (tertiary/aromatic N) is 1. The first-order valence-electron chi connectivity index (χ1n) is 13.6. The van der Waals surface area contributed by atoms with Crippen LogP contribution in [-0.4, -0.2) is 61.8 Å². The summed E-state index contributed by atoms with van der Waals surface area (Å²) in [6.07, 6.45) is 0. The molecule has 1 aliphatic rings. The van der Waals surface area contributed by atoms with Crippen LogP contribution in [0.3, 0.4) is 0 Å². The number of benzene rings is 2. The van der Waals surface area contributed by atoms with Crippen LogP contribution in [-0.2, 0) is 23.5 Å². The normalized spacial score (nSPS) is 18.9. The first-order chi connectivity index (χ1) is 18.0. The number of amides is 2. The van der Waals surface area contributed by atoms with Crippen molar-refractivity contribution in [1.82, 2.24) is 10.2 Å². The van der Waals surface area contributed by atoms with Crippen LogP contribution in [0.1, 0.15) is 62.3 Å². The van der Waals surface area contributed by atoms with Gasteiger partial charge >= 0.3 is 5.97 Å². The van der Waals surface area contributed by atoms with Gasteiger partial charge in [-0.05, 0) is 36.2 Å². The average Bonchev–Trinajstić information content (AvgIpc) is 2.83. The number of carbonyl (C=O) groups is 3. The lowest BCUT2D eigenvalue weighted by Crippen LogP contribution is -2.70. The van der Waals surface area contributed by atoms with Gasteiger partial charge in [-0.1, -0.05) is 102 Å². The molecule has 2 aromatic rings. The maximum Gasteiger partial charge on any atom is 0.338 e. The topological polar surface area (TPSA) is 84.9 Å². The second-order valence-corrected chi connectivity index (χ2v) is 17.7. The number of rotatable bonds is 6. The van der Waals surface area contributed by atoms with Crippen LogP contribution in [0.25, 0.3) is 0 Å². The van der Waals surface area contributed by atoms with E-state index in [-0.39, 0.29) is 24.2 Å². The van der Waals surface area contributed by atoms with E-state index in [1.807, 2.05) is 57.2 Å². The van der Waals surface area contributed by atoms with Crippen LogP contribution >= 0.6 is 0 Å². The predicted octanol–water partition coefficient (Wildman–Crippen LogP) is 3.65. The first-order valence-corrected chi connectivity index (χ1v) is 15.5. The van der Waals surface area contributed by atoms with Crippen molar-refractivity contribution in [2.75, 3.05) is 13.2 Å². The Bertz CT molecular complexity index is 1120. The smallest absolute Gasteiger partial charge is 0.338 e. The Labute approximate surface area is 234 Å². The average molecular weight is 553 g/mol. The van der Waals surface area contributed by atoms with Gasteiger partial charge in [-0.3, -0.25) is 9.59 Å². The molecule has 2 aromatic carbocycles. The number of hydrogen-bond donors (Lipinski definition) is 1. The van der Waals surface area contributed by atoms with Crippen LogP contribution in [0.15, 0.2) is 60.7 Å². The van der Waals surface area contributed by atoms with Gasteiger partial charge < -0.3 is 19.4 Å². The third kappa shape index (κ3) is 6.61. The van der Waals surface area contributed by atoms with Gasteiger partial charge in [0.05, 0.1) is 12.6 Å². The second kappa shape index (κ2) is 11.3. The van der Waals surface area contributed by atoms with E-state index in [9.17, 15) is 14.4 Å². The minimum Gasteiger partial charge on any atom is -0.461 e. The quantitative estimate of drug-likeness (QED) is 0.336. The van der Waals surface area contributed by atoms with E-state index in [0.29, 0.717) is 0 Å². The van der Waals surface area contributed by atoms with E-state index < -0.39 is 43.2 Å². The third-order valence-corrected chi connectivity index (χ3v) is 11.8. The lowest BCUT2D eigenvalue weighted by atomic mass is 9.92. The van der Waals surface area contributed by atoms with E-state index in [0.717, 1.165) is 10.4 Å². The van der Waals surface area contributed by atoms with Gasteiger partial charge in [-0.25, -0.2) is 4.79 Å². The largest absolute Gasteiger partial charge is 0.461 e. The Kier molecular flexibility index (Phi) is 8.82.